The fourth-order valence-electron chi connectivity index (χ4n) is 3.47. The molecule has 110 valence electrons. The molecule has 4 nitrogen and oxygen atoms in total. The molecule has 0 aromatic carbocycles. The van der Waals surface area contributed by atoms with Gasteiger partial charge < -0.3 is 0 Å². The second kappa shape index (κ2) is 6.35. The zero-order chi connectivity index (χ0) is 13.9. The third kappa shape index (κ3) is 3.37. The van der Waals surface area contributed by atoms with Crippen molar-refractivity contribution in [3.8, 4) is 0 Å². The molecule has 0 amide bonds. The van der Waals surface area contributed by atoms with Gasteiger partial charge in [-0.05, 0) is 32.1 Å². The maximum atomic E-state index is 12.4. The maximum Gasteiger partial charge on any atom is 0.214 e. The van der Waals surface area contributed by atoms with Crippen LogP contribution in [0.1, 0.15) is 58.3 Å². The lowest BCUT2D eigenvalue weighted by Gasteiger charge is -2.40. The number of ketones is 1. The predicted octanol–water partition coefficient (Wildman–Crippen LogP) is 2.34. The van der Waals surface area contributed by atoms with E-state index in [1.54, 1.807) is 4.31 Å². The Kier molecular flexibility index (Phi) is 5.01. The zero-order valence-corrected chi connectivity index (χ0v) is 12.6. The van der Waals surface area contributed by atoms with Gasteiger partial charge >= 0.3 is 0 Å². The fourth-order valence-corrected chi connectivity index (χ4v) is 5.29. The zero-order valence-electron chi connectivity index (χ0n) is 11.8. The first kappa shape index (κ1) is 15.0. The van der Waals surface area contributed by atoms with Crippen LogP contribution in [0.5, 0.6) is 0 Å². The Hall–Kier alpha value is -0.420. The molecule has 0 spiro atoms. The van der Waals surface area contributed by atoms with Crippen LogP contribution in [0.15, 0.2) is 0 Å². The molecule has 5 heteroatoms. The van der Waals surface area contributed by atoms with Crippen LogP contribution in [0, 0.1) is 5.92 Å². The maximum absolute atomic E-state index is 12.4. The van der Waals surface area contributed by atoms with Gasteiger partial charge in [0.1, 0.15) is 5.78 Å². The normalized spacial score (nSPS) is 30.5. The van der Waals surface area contributed by atoms with Gasteiger partial charge in [0.15, 0.2) is 0 Å². The number of Topliss-reactive ketones (excluding diaryl/α,β-unsaturated/α-hetero) is 1. The van der Waals surface area contributed by atoms with Gasteiger partial charge in [0.2, 0.25) is 10.0 Å². The fraction of sp³-hybridized carbons (Fsp3) is 0.929. The first-order valence-corrected chi connectivity index (χ1v) is 9.19. The van der Waals surface area contributed by atoms with Crippen LogP contribution in [-0.2, 0) is 14.8 Å². The molecule has 2 unspecified atom stereocenters. The summed E-state index contributed by atoms with van der Waals surface area (Å²) in [5.41, 5.74) is 0. The van der Waals surface area contributed by atoms with Gasteiger partial charge in [-0.15, -0.1) is 0 Å². The third-order valence-electron chi connectivity index (χ3n) is 4.38. The summed E-state index contributed by atoms with van der Waals surface area (Å²) in [5.74, 6) is 0.459. The van der Waals surface area contributed by atoms with Crippen LogP contribution >= 0.6 is 0 Å². The Morgan fingerprint density at radius 3 is 2.58 bits per heavy atom. The largest absolute Gasteiger partial charge is 0.299 e. The molecule has 0 radical (unpaired) electrons. The second-order valence-corrected chi connectivity index (χ2v) is 7.85. The van der Waals surface area contributed by atoms with E-state index in [4.69, 9.17) is 0 Å². The molecular formula is C14H25NO3S. The molecule has 1 saturated carbocycles. The summed E-state index contributed by atoms with van der Waals surface area (Å²) in [6, 6.07) is -0.0573. The summed E-state index contributed by atoms with van der Waals surface area (Å²) < 4.78 is 26.4. The topological polar surface area (TPSA) is 54.5 Å². The van der Waals surface area contributed by atoms with Gasteiger partial charge in [-0.1, -0.05) is 19.8 Å². The van der Waals surface area contributed by atoms with Crippen molar-refractivity contribution in [2.45, 2.75) is 64.3 Å². The summed E-state index contributed by atoms with van der Waals surface area (Å²) in [6.45, 7) is 2.50. The first-order chi connectivity index (χ1) is 9.06. The number of sulfonamides is 1. The van der Waals surface area contributed by atoms with Crippen molar-refractivity contribution in [2.24, 2.45) is 5.92 Å². The molecule has 2 rings (SSSR count). The highest BCUT2D eigenvalue weighted by atomic mass is 32.2. The molecule has 1 saturated heterocycles. The number of carbonyl (C=O) groups is 1. The van der Waals surface area contributed by atoms with Gasteiger partial charge in [0.05, 0.1) is 5.75 Å². The average molecular weight is 287 g/mol. The molecule has 1 aliphatic heterocycles. The molecule has 2 aliphatic rings. The molecule has 0 N–H and O–H groups in total. The quantitative estimate of drug-likeness (QED) is 0.797. The Morgan fingerprint density at radius 1 is 1.16 bits per heavy atom. The molecule has 0 aromatic rings. The Morgan fingerprint density at radius 2 is 1.89 bits per heavy atom. The van der Waals surface area contributed by atoms with Crippen molar-refractivity contribution in [3.05, 3.63) is 0 Å². The Balaban J connectivity index is 2.18. The summed E-state index contributed by atoms with van der Waals surface area (Å²) >= 11 is 0. The van der Waals surface area contributed by atoms with E-state index in [1.165, 1.54) is 0 Å². The third-order valence-corrected chi connectivity index (χ3v) is 6.48. The van der Waals surface area contributed by atoms with E-state index in [2.05, 4.69) is 0 Å². The number of piperidine rings is 1. The molecule has 1 aliphatic carbocycles. The van der Waals surface area contributed by atoms with Crippen LogP contribution in [0.2, 0.25) is 0 Å². The van der Waals surface area contributed by atoms with Crippen LogP contribution in [-0.4, -0.2) is 36.8 Å². The summed E-state index contributed by atoms with van der Waals surface area (Å²) in [7, 11) is -3.17. The van der Waals surface area contributed by atoms with Crippen molar-refractivity contribution in [1.82, 2.24) is 4.31 Å². The molecule has 0 bridgehead atoms. The van der Waals surface area contributed by atoms with E-state index < -0.39 is 10.0 Å². The summed E-state index contributed by atoms with van der Waals surface area (Å²) in [5, 5.41) is 0. The van der Waals surface area contributed by atoms with Crippen LogP contribution < -0.4 is 0 Å². The molecule has 0 aromatic heterocycles. The van der Waals surface area contributed by atoms with E-state index in [0.29, 0.717) is 19.4 Å². The molecule has 2 fully saturated rings. The van der Waals surface area contributed by atoms with Gasteiger partial charge in [-0.25, -0.2) is 8.42 Å². The van der Waals surface area contributed by atoms with Gasteiger partial charge in [-0.2, -0.15) is 4.31 Å². The van der Waals surface area contributed by atoms with Crippen molar-refractivity contribution >= 4 is 15.8 Å². The summed E-state index contributed by atoms with van der Waals surface area (Å²) in [4.78, 5) is 12.1. The van der Waals surface area contributed by atoms with Crippen LogP contribution in [0.3, 0.4) is 0 Å². The van der Waals surface area contributed by atoms with Crippen LogP contribution in [0.25, 0.3) is 0 Å². The van der Waals surface area contributed by atoms with Gasteiger partial charge in [0, 0.05) is 24.9 Å². The minimum atomic E-state index is -3.17. The lowest BCUT2D eigenvalue weighted by molar-refractivity contribution is -0.126. The molecule has 19 heavy (non-hydrogen) atoms. The Labute approximate surface area is 116 Å². The van der Waals surface area contributed by atoms with Crippen molar-refractivity contribution in [2.75, 3.05) is 12.3 Å². The van der Waals surface area contributed by atoms with E-state index in [1.807, 2.05) is 6.92 Å². The number of hydrogen-bond acceptors (Lipinski definition) is 3. The number of carbonyl (C=O) groups excluding carboxylic acids is 1. The van der Waals surface area contributed by atoms with E-state index in [9.17, 15) is 13.2 Å². The van der Waals surface area contributed by atoms with Gasteiger partial charge in [0.25, 0.3) is 0 Å². The number of hydrogen-bond donors (Lipinski definition) is 0. The monoisotopic (exact) mass is 287 g/mol. The smallest absolute Gasteiger partial charge is 0.214 e. The van der Waals surface area contributed by atoms with Gasteiger partial charge in [-0.3, -0.25) is 4.79 Å². The standard InChI is InChI=1S/C14H25NO3S/c1-2-11-19(17,18)15-10-6-5-8-13(15)12-7-3-4-9-14(12)16/h12-13H,2-11H2,1H3. The highest BCUT2D eigenvalue weighted by Crippen LogP contribution is 2.33. The van der Waals surface area contributed by atoms with E-state index >= 15 is 0 Å². The molecule has 2 atom stereocenters. The Bertz CT molecular complexity index is 418. The average Bonchev–Trinajstić information content (AvgIpc) is 2.39. The summed E-state index contributed by atoms with van der Waals surface area (Å²) in [6.07, 6.45) is 7.04. The molecule has 1 heterocycles. The highest BCUT2D eigenvalue weighted by Gasteiger charge is 2.39. The number of nitrogens with zero attached hydrogens (tertiary/aromatic N) is 1. The SMILES string of the molecule is CCCS(=O)(=O)N1CCCCC1C1CCCCC1=O. The lowest BCUT2D eigenvalue weighted by Crippen LogP contribution is -2.50. The first-order valence-electron chi connectivity index (χ1n) is 7.58. The van der Waals surface area contributed by atoms with Crippen LogP contribution in [0.4, 0.5) is 0 Å². The highest BCUT2D eigenvalue weighted by molar-refractivity contribution is 7.89. The predicted molar refractivity (Wildman–Crippen MR) is 75.4 cm³/mol. The number of rotatable bonds is 4. The lowest BCUT2D eigenvalue weighted by atomic mass is 9.80. The van der Waals surface area contributed by atoms with Crippen molar-refractivity contribution in [1.29, 1.82) is 0 Å². The second-order valence-electron chi connectivity index (χ2n) is 5.81. The minimum Gasteiger partial charge on any atom is -0.299 e. The molecular weight excluding hydrogens is 262 g/mol. The van der Waals surface area contributed by atoms with Crippen molar-refractivity contribution in [3.63, 3.8) is 0 Å². The minimum absolute atomic E-state index is 0.0410. The van der Waals surface area contributed by atoms with E-state index in [0.717, 1.165) is 38.5 Å². The van der Waals surface area contributed by atoms with E-state index in [-0.39, 0.29) is 23.5 Å². The van der Waals surface area contributed by atoms with Crippen molar-refractivity contribution < 1.29 is 13.2 Å².